The number of aromatic nitrogens is 1. The lowest BCUT2D eigenvalue weighted by molar-refractivity contribution is 0.102. The number of para-hydroxylation sites is 1. The molecule has 0 radical (unpaired) electrons. The highest BCUT2D eigenvalue weighted by Crippen LogP contribution is 2.31. The highest BCUT2D eigenvalue weighted by molar-refractivity contribution is 6.10. The van der Waals surface area contributed by atoms with E-state index in [0.717, 1.165) is 35.9 Å². The molecule has 0 atom stereocenters. The Bertz CT molecular complexity index is 940. The van der Waals surface area contributed by atoms with E-state index in [1.54, 1.807) is 12.3 Å². The molecule has 1 amide bonds. The zero-order valence-corrected chi connectivity index (χ0v) is 16.4. The van der Waals surface area contributed by atoms with Gasteiger partial charge < -0.3 is 14.8 Å². The highest BCUT2D eigenvalue weighted by atomic mass is 16.5. The fourth-order valence-electron chi connectivity index (χ4n) is 2.88. The average molecular weight is 378 g/mol. The Balaban J connectivity index is 1.87. The van der Waals surface area contributed by atoms with Crippen LogP contribution < -0.4 is 14.8 Å². The first kappa shape index (κ1) is 19.7. The number of hydrogen-bond acceptors (Lipinski definition) is 4. The lowest BCUT2D eigenvalue weighted by Gasteiger charge is -2.14. The van der Waals surface area contributed by atoms with E-state index >= 15 is 0 Å². The van der Waals surface area contributed by atoms with Crippen LogP contribution >= 0.6 is 0 Å². The number of carbonyl (C=O) groups is 1. The van der Waals surface area contributed by atoms with Crippen molar-refractivity contribution in [1.29, 1.82) is 0 Å². The molecule has 0 aliphatic carbocycles. The summed E-state index contributed by atoms with van der Waals surface area (Å²) in [5.74, 6) is 1.11. The maximum atomic E-state index is 12.9. The van der Waals surface area contributed by atoms with Crippen molar-refractivity contribution in [3.63, 3.8) is 0 Å². The SMILES string of the molecule is CCCCOc1ccc(NC(=O)c2ccccc2OCCC)c2cccnc12. The Hall–Kier alpha value is -3.08. The van der Waals surface area contributed by atoms with Gasteiger partial charge in [0.05, 0.1) is 24.5 Å². The van der Waals surface area contributed by atoms with Crippen LogP contribution in [0.15, 0.2) is 54.7 Å². The smallest absolute Gasteiger partial charge is 0.259 e. The largest absolute Gasteiger partial charge is 0.493 e. The number of benzene rings is 2. The summed E-state index contributed by atoms with van der Waals surface area (Å²) in [6.07, 6.45) is 4.67. The van der Waals surface area contributed by atoms with Gasteiger partial charge in [-0.05, 0) is 49.2 Å². The first-order valence-electron chi connectivity index (χ1n) is 9.78. The number of rotatable bonds is 9. The molecule has 0 aliphatic rings. The molecule has 5 nitrogen and oxygen atoms in total. The van der Waals surface area contributed by atoms with Crippen molar-refractivity contribution in [2.45, 2.75) is 33.1 Å². The van der Waals surface area contributed by atoms with E-state index in [1.807, 2.05) is 49.4 Å². The fraction of sp³-hybridized carbons (Fsp3) is 0.304. The van der Waals surface area contributed by atoms with E-state index in [1.165, 1.54) is 0 Å². The molecule has 3 rings (SSSR count). The van der Waals surface area contributed by atoms with Crippen LogP contribution in [-0.4, -0.2) is 24.1 Å². The van der Waals surface area contributed by atoms with Crippen molar-refractivity contribution in [2.24, 2.45) is 0 Å². The van der Waals surface area contributed by atoms with Gasteiger partial charge in [0.2, 0.25) is 0 Å². The Morgan fingerprint density at radius 1 is 0.929 bits per heavy atom. The number of amides is 1. The standard InChI is InChI=1S/C23H26N2O3/c1-3-5-16-28-21-13-12-19(17-10-8-14-24-22(17)21)25-23(26)18-9-6-7-11-20(18)27-15-4-2/h6-14H,3-5,15-16H2,1-2H3,(H,25,26). The van der Waals surface area contributed by atoms with E-state index in [0.29, 0.717) is 30.2 Å². The van der Waals surface area contributed by atoms with Gasteiger partial charge in [-0.25, -0.2) is 0 Å². The molecular formula is C23H26N2O3. The molecule has 146 valence electrons. The first-order valence-corrected chi connectivity index (χ1v) is 9.78. The Kier molecular flexibility index (Phi) is 6.84. The van der Waals surface area contributed by atoms with Gasteiger partial charge in [0.1, 0.15) is 17.0 Å². The van der Waals surface area contributed by atoms with E-state index in [9.17, 15) is 4.79 Å². The second kappa shape index (κ2) is 9.74. The molecule has 1 heterocycles. The molecule has 28 heavy (non-hydrogen) atoms. The maximum absolute atomic E-state index is 12.9. The summed E-state index contributed by atoms with van der Waals surface area (Å²) in [6.45, 7) is 5.38. The van der Waals surface area contributed by atoms with Crippen molar-refractivity contribution < 1.29 is 14.3 Å². The highest BCUT2D eigenvalue weighted by Gasteiger charge is 2.15. The molecule has 0 saturated heterocycles. The van der Waals surface area contributed by atoms with Crippen molar-refractivity contribution in [3.05, 3.63) is 60.3 Å². The summed E-state index contributed by atoms with van der Waals surface area (Å²) in [7, 11) is 0. The molecule has 0 spiro atoms. The monoisotopic (exact) mass is 378 g/mol. The number of carbonyl (C=O) groups excluding carboxylic acids is 1. The fourth-order valence-corrected chi connectivity index (χ4v) is 2.88. The molecule has 3 aromatic rings. The summed E-state index contributed by atoms with van der Waals surface area (Å²) in [4.78, 5) is 17.4. The third-order valence-corrected chi connectivity index (χ3v) is 4.33. The lowest BCUT2D eigenvalue weighted by atomic mass is 10.1. The van der Waals surface area contributed by atoms with Gasteiger partial charge in [0.15, 0.2) is 0 Å². The summed E-state index contributed by atoms with van der Waals surface area (Å²) < 4.78 is 11.6. The number of hydrogen-bond donors (Lipinski definition) is 1. The number of nitrogens with one attached hydrogen (secondary N) is 1. The topological polar surface area (TPSA) is 60.5 Å². The van der Waals surface area contributed by atoms with Gasteiger partial charge in [-0.3, -0.25) is 9.78 Å². The average Bonchev–Trinajstić information content (AvgIpc) is 2.74. The molecule has 5 heteroatoms. The summed E-state index contributed by atoms with van der Waals surface area (Å²) in [6, 6.07) is 14.8. The number of unbranched alkanes of at least 4 members (excludes halogenated alkanes) is 1. The molecular weight excluding hydrogens is 352 g/mol. The van der Waals surface area contributed by atoms with E-state index < -0.39 is 0 Å². The van der Waals surface area contributed by atoms with Crippen LogP contribution in [0.25, 0.3) is 10.9 Å². The molecule has 1 aromatic heterocycles. The zero-order chi connectivity index (χ0) is 19.8. The van der Waals surface area contributed by atoms with Crippen LogP contribution in [0.5, 0.6) is 11.5 Å². The lowest BCUT2D eigenvalue weighted by Crippen LogP contribution is -2.14. The Morgan fingerprint density at radius 3 is 2.57 bits per heavy atom. The molecule has 0 unspecified atom stereocenters. The van der Waals surface area contributed by atoms with Gasteiger partial charge in [-0.2, -0.15) is 0 Å². The van der Waals surface area contributed by atoms with Crippen molar-refractivity contribution in [3.8, 4) is 11.5 Å². The van der Waals surface area contributed by atoms with Crippen LogP contribution in [0.1, 0.15) is 43.5 Å². The third-order valence-electron chi connectivity index (χ3n) is 4.33. The molecule has 0 bridgehead atoms. The van der Waals surface area contributed by atoms with Gasteiger partial charge in [-0.15, -0.1) is 0 Å². The summed E-state index contributed by atoms with van der Waals surface area (Å²) in [5.41, 5.74) is 1.95. The van der Waals surface area contributed by atoms with Gasteiger partial charge in [-0.1, -0.05) is 32.4 Å². The van der Waals surface area contributed by atoms with Crippen LogP contribution in [-0.2, 0) is 0 Å². The Morgan fingerprint density at radius 2 is 1.75 bits per heavy atom. The minimum Gasteiger partial charge on any atom is -0.493 e. The second-order valence-corrected chi connectivity index (χ2v) is 6.51. The van der Waals surface area contributed by atoms with Crippen molar-refractivity contribution in [2.75, 3.05) is 18.5 Å². The Labute approximate surface area is 165 Å². The van der Waals surface area contributed by atoms with E-state index in [-0.39, 0.29) is 5.91 Å². The number of ether oxygens (including phenoxy) is 2. The van der Waals surface area contributed by atoms with Crippen LogP contribution in [0.4, 0.5) is 5.69 Å². The summed E-state index contributed by atoms with van der Waals surface area (Å²) in [5, 5.41) is 3.84. The van der Waals surface area contributed by atoms with Crippen LogP contribution in [0, 0.1) is 0 Å². The molecule has 0 fully saturated rings. The number of pyridine rings is 1. The minimum absolute atomic E-state index is 0.212. The van der Waals surface area contributed by atoms with Crippen molar-refractivity contribution >= 4 is 22.5 Å². The van der Waals surface area contributed by atoms with Crippen molar-refractivity contribution in [1.82, 2.24) is 4.98 Å². The van der Waals surface area contributed by atoms with E-state index in [4.69, 9.17) is 9.47 Å². The van der Waals surface area contributed by atoms with Gasteiger partial charge in [0, 0.05) is 11.6 Å². The second-order valence-electron chi connectivity index (χ2n) is 6.51. The van der Waals surface area contributed by atoms with Gasteiger partial charge in [0.25, 0.3) is 5.91 Å². The number of nitrogens with zero attached hydrogens (tertiary/aromatic N) is 1. The quantitative estimate of drug-likeness (QED) is 0.503. The van der Waals surface area contributed by atoms with E-state index in [2.05, 4.69) is 17.2 Å². The van der Waals surface area contributed by atoms with Crippen LogP contribution in [0.3, 0.4) is 0 Å². The third kappa shape index (κ3) is 4.60. The normalized spacial score (nSPS) is 10.6. The number of anilines is 1. The summed E-state index contributed by atoms with van der Waals surface area (Å²) >= 11 is 0. The predicted octanol–water partition coefficient (Wildman–Crippen LogP) is 5.45. The maximum Gasteiger partial charge on any atom is 0.259 e. The zero-order valence-electron chi connectivity index (χ0n) is 16.4. The molecule has 2 aromatic carbocycles. The molecule has 0 saturated carbocycles. The van der Waals surface area contributed by atoms with Crippen LogP contribution in [0.2, 0.25) is 0 Å². The first-order chi connectivity index (χ1) is 13.7. The molecule has 0 aliphatic heterocycles. The minimum atomic E-state index is -0.212. The van der Waals surface area contributed by atoms with Gasteiger partial charge >= 0.3 is 0 Å². The number of fused-ring (bicyclic) bond motifs is 1. The molecule has 1 N–H and O–H groups in total. The predicted molar refractivity (Wildman–Crippen MR) is 112 cm³/mol.